The standard InChI is InChI=1S/C19H18ClN5O/c1-11-17(12-4-6-21-7-5-12)24-25-18(11)23-19(26)15-8-14(9-15)13-2-3-16(20)22-10-13/h2-7,10,14-15H,8-9H2,1H3,(H2,23,24,25,26). The van der Waals surface area contributed by atoms with Crippen molar-refractivity contribution in [2.75, 3.05) is 5.32 Å². The van der Waals surface area contributed by atoms with Crippen molar-refractivity contribution in [3.63, 3.8) is 0 Å². The Morgan fingerprint density at radius 3 is 2.69 bits per heavy atom. The fourth-order valence-electron chi connectivity index (χ4n) is 3.27. The lowest BCUT2D eigenvalue weighted by molar-refractivity contribution is -0.122. The molecule has 0 unspecified atom stereocenters. The first-order chi connectivity index (χ1) is 12.6. The van der Waals surface area contributed by atoms with Gasteiger partial charge in [0.15, 0.2) is 5.82 Å². The molecule has 7 heteroatoms. The van der Waals surface area contributed by atoms with Gasteiger partial charge in [0.05, 0.1) is 5.69 Å². The molecule has 3 heterocycles. The highest BCUT2D eigenvalue weighted by molar-refractivity contribution is 6.29. The maximum absolute atomic E-state index is 12.5. The Labute approximate surface area is 156 Å². The maximum atomic E-state index is 12.5. The number of carbonyl (C=O) groups is 1. The molecular weight excluding hydrogens is 350 g/mol. The monoisotopic (exact) mass is 367 g/mol. The largest absolute Gasteiger partial charge is 0.309 e. The second kappa shape index (κ2) is 6.88. The summed E-state index contributed by atoms with van der Waals surface area (Å²) < 4.78 is 0. The van der Waals surface area contributed by atoms with E-state index >= 15 is 0 Å². The van der Waals surface area contributed by atoms with Crippen molar-refractivity contribution in [2.45, 2.75) is 25.7 Å². The number of aromatic amines is 1. The first-order valence-electron chi connectivity index (χ1n) is 8.49. The molecular formula is C19H18ClN5O. The van der Waals surface area contributed by atoms with Crippen molar-refractivity contribution >= 4 is 23.3 Å². The molecule has 132 valence electrons. The van der Waals surface area contributed by atoms with Gasteiger partial charge < -0.3 is 5.32 Å². The molecule has 0 spiro atoms. The van der Waals surface area contributed by atoms with Crippen LogP contribution in [0.1, 0.15) is 29.9 Å². The van der Waals surface area contributed by atoms with Gasteiger partial charge in [0.25, 0.3) is 0 Å². The summed E-state index contributed by atoms with van der Waals surface area (Å²) in [6.07, 6.45) is 6.88. The van der Waals surface area contributed by atoms with E-state index in [2.05, 4.69) is 25.5 Å². The molecule has 1 fully saturated rings. The van der Waals surface area contributed by atoms with Gasteiger partial charge in [-0.2, -0.15) is 5.10 Å². The van der Waals surface area contributed by atoms with E-state index in [1.807, 2.05) is 25.1 Å². The second-order valence-electron chi connectivity index (χ2n) is 6.58. The Morgan fingerprint density at radius 2 is 2.00 bits per heavy atom. The molecule has 4 rings (SSSR count). The molecule has 3 aromatic rings. The lowest BCUT2D eigenvalue weighted by Gasteiger charge is -2.34. The lowest BCUT2D eigenvalue weighted by atomic mass is 9.71. The molecule has 0 saturated heterocycles. The van der Waals surface area contributed by atoms with E-state index in [-0.39, 0.29) is 11.8 Å². The first-order valence-corrected chi connectivity index (χ1v) is 8.87. The molecule has 1 aliphatic carbocycles. The number of aromatic nitrogens is 4. The highest BCUT2D eigenvalue weighted by Gasteiger charge is 2.36. The normalized spacial score (nSPS) is 19.0. The number of anilines is 1. The molecule has 1 saturated carbocycles. The van der Waals surface area contributed by atoms with Crippen molar-refractivity contribution in [3.05, 3.63) is 59.1 Å². The third-order valence-electron chi connectivity index (χ3n) is 4.95. The summed E-state index contributed by atoms with van der Waals surface area (Å²) in [5, 5.41) is 10.7. The van der Waals surface area contributed by atoms with Crippen LogP contribution in [0.15, 0.2) is 42.9 Å². The SMILES string of the molecule is Cc1c(NC(=O)C2CC(c3ccc(Cl)nc3)C2)n[nH]c1-c1ccncc1. The number of nitrogens with zero attached hydrogens (tertiary/aromatic N) is 3. The van der Waals surface area contributed by atoms with E-state index in [1.54, 1.807) is 24.7 Å². The van der Waals surface area contributed by atoms with Crippen LogP contribution in [0.25, 0.3) is 11.3 Å². The van der Waals surface area contributed by atoms with E-state index in [0.717, 1.165) is 35.2 Å². The number of nitrogens with one attached hydrogen (secondary N) is 2. The zero-order valence-electron chi connectivity index (χ0n) is 14.2. The zero-order valence-corrected chi connectivity index (χ0v) is 15.0. The van der Waals surface area contributed by atoms with Crippen molar-refractivity contribution in [1.29, 1.82) is 0 Å². The van der Waals surface area contributed by atoms with Crippen LogP contribution in [-0.4, -0.2) is 26.1 Å². The van der Waals surface area contributed by atoms with Crippen LogP contribution in [0.3, 0.4) is 0 Å². The minimum atomic E-state index is -0.00356. The molecule has 0 atom stereocenters. The highest BCUT2D eigenvalue weighted by atomic mass is 35.5. The lowest BCUT2D eigenvalue weighted by Crippen LogP contribution is -2.33. The van der Waals surface area contributed by atoms with Gasteiger partial charge in [-0.25, -0.2) is 4.98 Å². The minimum Gasteiger partial charge on any atom is -0.309 e. The van der Waals surface area contributed by atoms with Crippen molar-refractivity contribution in [1.82, 2.24) is 20.2 Å². The van der Waals surface area contributed by atoms with E-state index in [0.29, 0.717) is 16.9 Å². The van der Waals surface area contributed by atoms with E-state index < -0.39 is 0 Å². The third kappa shape index (κ3) is 3.20. The summed E-state index contributed by atoms with van der Waals surface area (Å²) in [6.45, 7) is 1.94. The highest BCUT2D eigenvalue weighted by Crippen LogP contribution is 2.42. The summed E-state index contributed by atoms with van der Waals surface area (Å²) in [5.41, 5.74) is 3.93. The van der Waals surface area contributed by atoms with Gasteiger partial charge in [-0.05, 0) is 49.4 Å². The number of amides is 1. The molecule has 6 nitrogen and oxygen atoms in total. The number of carbonyl (C=O) groups excluding carboxylic acids is 1. The Hall–Kier alpha value is -2.73. The minimum absolute atomic E-state index is 0.00356. The van der Waals surface area contributed by atoms with Gasteiger partial charge >= 0.3 is 0 Å². The van der Waals surface area contributed by atoms with Crippen molar-refractivity contribution < 1.29 is 4.79 Å². The van der Waals surface area contributed by atoms with Crippen LogP contribution in [-0.2, 0) is 4.79 Å². The molecule has 2 N–H and O–H groups in total. The van der Waals surface area contributed by atoms with Crippen molar-refractivity contribution in [2.24, 2.45) is 5.92 Å². The maximum Gasteiger partial charge on any atom is 0.228 e. The Kier molecular flexibility index (Phi) is 4.42. The predicted octanol–water partition coefficient (Wildman–Crippen LogP) is 3.96. The molecule has 26 heavy (non-hydrogen) atoms. The summed E-state index contributed by atoms with van der Waals surface area (Å²) >= 11 is 5.82. The quantitative estimate of drug-likeness (QED) is 0.683. The smallest absolute Gasteiger partial charge is 0.228 e. The average Bonchev–Trinajstić information content (AvgIpc) is 2.97. The Balaban J connectivity index is 1.39. The molecule has 3 aromatic heterocycles. The zero-order chi connectivity index (χ0) is 18.1. The summed E-state index contributed by atoms with van der Waals surface area (Å²) in [6, 6.07) is 7.58. The van der Waals surface area contributed by atoms with Crippen LogP contribution < -0.4 is 5.32 Å². The third-order valence-corrected chi connectivity index (χ3v) is 5.17. The number of rotatable bonds is 4. The second-order valence-corrected chi connectivity index (χ2v) is 6.96. The molecule has 0 aliphatic heterocycles. The predicted molar refractivity (Wildman–Crippen MR) is 99.9 cm³/mol. The summed E-state index contributed by atoms with van der Waals surface area (Å²) in [7, 11) is 0. The molecule has 1 amide bonds. The van der Waals surface area contributed by atoms with Crippen LogP contribution >= 0.6 is 11.6 Å². The van der Waals surface area contributed by atoms with Gasteiger partial charge in [0.2, 0.25) is 5.91 Å². The Bertz CT molecular complexity index is 917. The number of halogens is 1. The number of hydrogen-bond donors (Lipinski definition) is 2. The van der Waals surface area contributed by atoms with Crippen LogP contribution in [0.4, 0.5) is 5.82 Å². The summed E-state index contributed by atoms with van der Waals surface area (Å²) in [5.74, 6) is 0.955. The van der Waals surface area contributed by atoms with Crippen LogP contribution in [0, 0.1) is 12.8 Å². The van der Waals surface area contributed by atoms with E-state index in [4.69, 9.17) is 11.6 Å². The van der Waals surface area contributed by atoms with Gasteiger partial charge in [-0.1, -0.05) is 17.7 Å². The van der Waals surface area contributed by atoms with Gasteiger partial charge in [0.1, 0.15) is 5.15 Å². The summed E-state index contributed by atoms with van der Waals surface area (Å²) in [4.78, 5) is 20.6. The van der Waals surface area contributed by atoms with E-state index in [9.17, 15) is 4.79 Å². The first kappa shape index (κ1) is 16.7. The fraction of sp³-hybridized carbons (Fsp3) is 0.263. The topological polar surface area (TPSA) is 83.6 Å². The van der Waals surface area contributed by atoms with Gasteiger partial charge in [0, 0.05) is 35.6 Å². The molecule has 1 aliphatic rings. The molecule has 0 aromatic carbocycles. The van der Waals surface area contributed by atoms with Gasteiger partial charge in [-0.15, -0.1) is 0 Å². The van der Waals surface area contributed by atoms with Crippen molar-refractivity contribution in [3.8, 4) is 11.3 Å². The van der Waals surface area contributed by atoms with Gasteiger partial charge in [-0.3, -0.25) is 14.9 Å². The van der Waals surface area contributed by atoms with Crippen LogP contribution in [0.2, 0.25) is 5.15 Å². The number of pyridine rings is 2. The number of hydrogen-bond acceptors (Lipinski definition) is 4. The molecule has 0 bridgehead atoms. The Morgan fingerprint density at radius 1 is 1.23 bits per heavy atom. The fourth-order valence-corrected chi connectivity index (χ4v) is 3.38. The van der Waals surface area contributed by atoms with E-state index in [1.165, 1.54) is 0 Å². The average molecular weight is 368 g/mol. The number of H-pyrrole nitrogens is 1. The molecule has 0 radical (unpaired) electrons. The van der Waals surface area contributed by atoms with Crippen LogP contribution in [0.5, 0.6) is 0 Å².